The Hall–Kier alpha value is -4.60. The topological polar surface area (TPSA) is 105 Å². The van der Waals surface area contributed by atoms with Gasteiger partial charge in [0.05, 0.1) is 0 Å². The standard InChI is InChI=1S/C27H24F2O8/c1-12(2)24(30)34-16-9-17-21(19(10-16)35-25(31)13(3)4)18(23(28)29)11-20(36-26(32)14(5)6)22(17)37-27(33)15(7)8/h9-11,23H,1,3,5,7H2,2,4,6,8H3. The highest BCUT2D eigenvalue weighted by atomic mass is 19.3. The summed E-state index contributed by atoms with van der Waals surface area (Å²) in [6.07, 6.45) is -3.18. The smallest absolute Gasteiger partial charge is 0.338 e. The SMILES string of the molecule is C=C(C)C(=O)Oc1cc(OC(=O)C(=C)C)c2c(C(F)F)cc(OC(=O)C(=C)C)c(OC(=O)C(=C)C)c2c1. The van der Waals surface area contributed by atoms with Gasteiger partial charge in [0, 0.05) is 44.7 Å². The van der Waals surface area contributed by atoms with Crippen LogP contribution < -0.4 is 18.9 Å². The average Bonchev–Trinajstić information content (AvgIpc) is 2.79. The van der Waals surface area contributed by atoms with Gasteiger partial charge in [-0.3, -0.25) is 0 Å². The van der Waals surface area contributed by atoms with Crippen LogP contribution in [0.2, 0.25) is 0 Å². The Morgan fingerprint density at radius 2 is 1.08 bits per heavy atom. The van der Waals surface area contributed by atoms with Crippen molar-refractivity contribution in [1.82, 2.24) is 0 Å². The summed E-state index contributed by atoms with van der Waals surface area (Å²) in [6.45, 7) is 19.2. The summed E-state index contributed by atoms with van der Waals surface area (Å²) in [5, 5.41) is -0.673. The van der Waals surface area contributed by atoms with E-state index in [4.69, 9.17) is 18.9 Å². The number of alkyl halides is 2. The summed E-state index contributed by atoms with van der Waals surface area (Å²) in [4.78, 5) is 49.2. The molecule has 0 aliphatic carbocycles. The van der Waals surface area contributed by atoms with Gasteiger partial charge in [-0.15, -0.1) is 0 Å². The minimum Gasteiger partial charge on any atom is -0.423 e. The molecule has 0 heterocycles. The first-order valence-corrected chi connectivity index (χ1v) is 10.6. The summed E-state index contributed by atoms with van der Waals surface area (Å²) in [5.41, 5.74) is -0.931. The zero-order valence-electron chi connectivity index (χ0n) is 20.7. The van der Waals surface area contributed by atoms with Crippen molar-refractivity contribution in [2.24, 2.45) is 0 Å². The predicted octanol–water partition coefficient (Wildman–Crippen LogP) is 5.70. The molecule has 0 radical (unpaired) electrons. The number of hydrogen-bond acceptors (Lipinski definition) is 8. The van der Waals surface area contributed by atoms with Crippen molar-refractivity contribution in [3.63, 3.8) is 0 Å². The van der Waals surface area contributed by atoms with Gasteiger partial charge in [-0.25, -0.2) is 28.0 Å². The van der Waals surface area contributed by atoms with E-state index in [-0.39, 0.29) is 38.8 Å². The molecule has 37 heavy (non-hydrogen) atoms. The Kier molecular flexibility index (Phi) is 8.84. The second-order valence-electron chi connectivity index (χ2n) is 8.12. The van der Waals surface area contributed by atoms with Gasteiger partial charge < -0.3 is 18.9 Å². The lowest BCUT2D eigenvalue weighted by molar-refractivity contribution is -0.132. The van der Waals surface area contributed by atoms with E-state index in [1.54, 1.807) is 0 Å². The van der Waals surface area contributed by atoms with Gasteiger partial charge in [0.2, 0.25) is 0 Å². The highest BCUT2D eigenvalue weighted by molar-refractivity contribution is 6.04. The fraction of sp³-hybridized carbons (Fsp3) is 0.185. The maximum atomic E-state index is 14.3. The van der Waals surface area contributed by atoms with Crippen LogP contribution in [0.1, 0.15) is 39.7 Å². The molecule has 0 spiro atoms. The number of fused-ring (bicyclic) bond motifs is 1. The Balaban J connectivity index is 3.05. The van der Waals surface area contributed by atoms with Crippen LogP contribution in [0.15, 0.2) is 66.8 Å². The molecule has 2 aromatic rings. The number of esters is 4. The van der Waals surface area contributed by atoms with Gasteiger partial charge in [0.25, 0.3) is 6.43 Å². The van der Waals surface area contributed by atoms with Crippen LogP contribution in [0.3, 0.4) is 0 Å². The van der Waals surface area contributed by atoms with Crippen LogP contribution in [0.25, 0.3) is 10.8 Å². The van der Waals surface area contributed by atoms with Crippen LogP contribution >= 0.6 is 0 Å². The lowest BCUT2D eigenvalue weighted by Crippen LogP contribution is -2.15. The van der Waals surface area contributed by atoms with Crippen molar-refractivity contribution in [3.05, 3.63) is 72.4 Å². The van der Waals surface area contributed by atoms with E-state index >= 15 is 0 Å². The van der Waals surface area contributed by atoms with Gasteiger partial charge >= 0.3 is 23.9 Å². The zero-order chi connectivity index (χ0) is 28.2. The van der Waals surface area contributed by atoms with Gasteiger partial charge in [0.15, 0.2) is 11.5 Å². The van der Waals surface area contributed by atoms with E-state index < -0.39 is 53.1 Å². The molecule has 10 heteroatoms. The Bertz CT molecular complexity index is 1380. The maximum absolute atomic E-state index is 14.3. The highest BCUT2D eigenvalue weighted by Crippen LogP contribution is 2.47. The molecule has 0 bridgehead atoms. The summed E-state index contributed by atoms with van der Waals surface area (Å²) >= 11 is 0. The Labute approximate surface area is 211 Å². The Morgan fingerprint density at radius 3 is 1.54 bits per heavy atom. The van der Waals surface area contributed by atoms with E-state index in [1.165, 1.54) is 27.7 Å². The van der Waals surface area contributed by atoms with Crippen molar-refractivity contribution in [1.29, 1.82) is 0 Å². The third kappa shape index (κ3) is 6.75. The lowest BCUT2D eigenvalue weighted by Gasteiger charge is -2.19. The minimum absolute atomic E-state index is 0.00641. The van der Waals surface area contributed by atoms with E-state index in [0.29, 0.717) is 0 Å². The third-order valence-corrected chi connectivity index (χ3v) is 4.56. The fourth-order valence-corrected chi connectivity index (χ4v) is 2.72. The molecule has 0 aliphatic heterocycles. The van der Waals surface area contributed by atoms with Crippen molar-refractivity contribution in [3.8, 4) is 23.0 Å². The largest absolute Gasteiger partial charge is 0.423 e. The summed E-state index contributed by atoms with van der Waals surface area (Å²) in [6, 6.07) is 2.88. The van der Waals surface area contributed by atoms with Crippen LogP contribution in [-0.4, -0.2) is 23.9 Å². The molecule has 0 atom stereocenters. The molecule has 0 amide bonds. The molecule has 0 aromatic heterocycles. The van der Waals surface area contributed by atoms with E-state index in [0.717, 1.165) is 18.2 Å². The normalized spacial score (nSPS) is 10.5. The monoisotopic (exact) mass is 514 g/mol. The molecule has 0 unspecified atom stereocenters. The molecule has 0 N–H and O–H groups in total. The van der Waals surface area contributed by atoms with E-state index in [9.17, 15) is 28.0 Å². The number of carbonyl (C=O) groups is 4. The number of hydrogen-bond donors (Lipinski definition) is 0. The number of rotatable bonds is 9. The first-order chi connectivity index (χ1) is 17.1. The van der Waals surface area contributed by atoms with E-state index in [1.807, 2.05) is 0 Å². The van der Waals surface area contributed by atoms with Crippen LogP contribution in [0, 0.1) is 0 Å². The Morgan fingerprint density at radius 1 is 0.649 bits per heavy atom. The molecule has 2 rings (SSSR count). The van der Waals surface area contributed by atoms with E-state index in [2.05, 4.69) is 26.3 Å². The molecule has 0 saturated carbocycles. The number of halogens is 2. The van der Waals surface area contributed by atoms with Crippen molar-refractivity contribution >= 4 is 34.6 Å². The maximum Gasteiger partial charge on any atom is 0.338 e. The van der Waals surface area contributed by atoms with Crippen molar-refractivity contribution in [2.75, 3.05) is 0 Å². The van der Waals surface area contributed by atoms with Gasteiger partial charge in [-0.1, -0.05) is 26.3 Å². The molecule has 0 fully saturated rings. The molecule has 0 aliphatic rings. The first kappa shape index (κ1) is 28.6. The molecular weight excluding hydrogens is 490 g/mol. The van der Waals surface area contributed by atoms with Crippen LogP contribution in [0.4, 0.5) is 8.78 Å². The summed E-state index contributed by atoms with van der Waals surface area (Å²) in [5.74, 6) is -5.63. The number of carbonyl (C=O) groups excluding carboxylic acids is 4. The number of ether oxygens (including phenoxy) is 4. The zero-order valence-corrected chi connectivity index (χ0v) is 20.7. The molecule has 0 saturated heterocycles. The lowest BCUT2D eigenvalue weighted by atomic mass is 10.0. The van der Waals surface area contributed by atoms with Gasteiger partial charge in [-0.05, 0) is 39.8 Å². The van der Waals surface area contributed by atoms with Gasteiger partial charge in [-0.2, -0.15) is 0 Å². The minimum atomic E-state index is -3.18. The van der Waals surface area contributed by atoms with Gasteiger partial charge in [0.1, 0.15) is 11.5 Å². The summed E-state index contributed by atoms with van der Waals surface area (Å²) < 4.78 is 49.5. The quantitative estimate of drug-likeness (QED) is 0.238. The second kappa shape index (κ2) is 11.4. The average molecular weight is 514 g/mol. The first-order valence-electron chi connectivity index (χ1n) is 10.6. The third-order valence-electron chi connectivity index (χ3n) is 4.56. The van der Waals surface area contributed by atoms with Crippen molar-refractivity contribution in [2.45, 2.75) is 34.1 Å². The highest BCUT2D eigenvalue weighted by Gasteiger charge is 2.28. The van der Waals surface area contributed by atoms with Crippen LogP contribution in [0.5, 0.6) is 23.0 Å². The fourth-order valence-electron chi connectivity index (χ4n) is 2.72. The molecule has 8 nitrogen and oxygen atoms in total. The molecule has 2 aromatic carbocycles. The van der Waals surface area contributed by atoms with Crippen molar-refractivity contribution < 1.29 is 46.9 Å². The predicted molar refractivity (Wildman–Crippen MR) is 131 cm³/mol. The number of benzene rings is 2. The molecular formula is C27H24F2O8. The van der Waals surface area contributed by atoms with Crippen LogP contribution in [-0.2, 0) is 19.2 Å². The molecule has 194 valence electrons. The second-order valence-corrected chi connectivity index (χ2v) is 8.12. The summed E-state index contributed by atoms with van der Waals surface area (Å²) in [7, 11) is 0.